The van der Waals surface area contributed by atoms with Gasteiger partial charge in [-0.25, -0.2) is 4.98 Å². The second kappa shape index (κ2) is 6.73. The molecule has 2 aromatic heterocycles. The van der Waals surface area contributed by atoms with Crippen LogP contribution in [0, 0.1) is 0 Å². The smallest absolute Gasteiger partial charge is 0.270 e. The number of hydrogen-bond donors (Lipinski definition) is 2. The molecular formula is C14H17N3O3S. The van der Waals surface area contributed by atoms with Crippen LogP contribution in [0.15, 0.2) is 35.4 Å². The van der Waals surface area contributed by atoms with Crippen molar-refractivity contribution in [2.24, 2.45) is 0 Å². The molecule has 0 aromatic carbocycles. The van der Waals surface area contributed by atoms with Gasteiger partial charge in [0.2, 0.25) is 0 Å². The first kappa shape index (κ1) is 15.5. The largest absolute Gasteiger partial charge is 0.395 e. The average molecular weight is 307 g/mol. The summed E-state index contributed by atoms with van der Waals surface area (Å²) < 4.78 is 1.33. The van der Waals surface area contributed by atoms with Crippen LogP contribution in [0.3, 0.4) is 0 Å². The molecule has 6 nitrogen and oxygen atoms in total. The van der Waals surface area contributed by atoms with Gasteiger partial charge < -0.3 is 10.4 Å². The first-order valence-electron chi connectivity index (χ1n) is 6.49. The zero-order chi connectivity index (χ0) is 15.4. The summed E-state index contributed by atoms with van der Waals surface area (Å²) in [5.74, 6) is -0.481. The van der Waals surface area contributed by atoms with E-state index in [1.54, 1.807) is 31.3 Å². The highest BCUT2D eigenvalue weighted by Gasteiger charge is 2.20. The molecule has 2 rings (SSSR count). The summed E-state index contributed by atoms with van der Waals surface area (Å²) in [4.78, 5) is 28.6. The van der Waals surface area contributed by atoms with E-state index in [9.17, 15) is 14.7 Å². The highest BCUT2D eigenvalue weighted by atomic mass is 32.2. The predicted molar refractivity (Wildman–Crippen MR) is 82.8 cm³/mol. The fourth-order valence-corrected chi connectivity index (χ4v) is 2.62. The Balaban J connectivity index is 2.28. The van der Waals surface area contributed by atoms with Gasteiger partial charge in [0, 0.05) is 23.7 Å². The number of carbonyl (C=O) groups excluding carboxylic acids is 1. The zero-order valence-corrected chi connectivity index (χ0v) is 12.6. The van der Waals surface area contributed by atoms with Gasteiger partial charge in [0.1, 0.15) is 11.2 Å². The first-order chi connectivity index (χ1) is 10.1. The Hall–Kier alpha value is -1.86. The van der Waals surface area contributed by atoms with E-state index in [0.29, 0.717) is 5.65 Å². The van der Waals surface area contributed by atoms with Crippen molar-refractivity contribution in [1.29, 1.82) is 0 Å². The standard InChI is InChI=1S/C14H17N3O3S/c1-9(11(8-18)21-2)16-13(19)10-7-15-12-5-3-4-6-17(12)14(10)20/h3-7,9,11,18H,8H2,1-2H3,(H,16,19). The molecule has 21 heavy (non-hydrogen) atoms. The van der Waals surface area contributed by atoms with Gasteiger partial charge in [0.15, 0.2) is 0 Å². The maximum atomic E-state index is 12.3. The van der Waals surface area contributed by atoms with Crippen LogP contribution >= 0.6 is 11.8 Å². The van der Waals surface area contributed by atoms with Crippen molar-refractivity contribution in [3.8, 4) is 0 Å². The highest BCUT2D eigenvalue weighted by Crippen LogP contribution is 2.10. The second-order valence-corrected chi connectivity index (χ2v) is 5.70. The normalized spacial score (nSPS) is 13.9. The maximum absolute atomic E-state index is 12.3. The number of aliphatic hydroxyl groups is 1. The Morgan fingerprint density at radius 3 is 2.95 bits per heavy atom. The van der Waals surface area contributed by atoms with Gasteiger partial charge in [0.25, 0.3) is 11.5 Å². The predicted octanol–water partition coefficient (Wildman–Crippen LogP) is 0.537. The molecule has 0 aliphatic rings. The minimum Gasteiger partial charge on any atom is -0.395 e. The molecule has 7 heteroatoms. The molecule has 0 spiro atoms. The average Bonchev–Trinajstić information content (AvgIpc) is 2.49. The number of pyridine rings is 1. The minimum absolute atomic E-state index is 0.0108. The lowest BCUT2D eigenvalue weighted by atomic mass is 10.2. The second-order valence-electron chi connectivity index (χ2n) is 4.62. The first-order valence-corrected chi connectivity index (χ1v) is 7.78. The molecule has 0 saturated carbocycles. The third-order valence-corrected chi connectivity index (χ3v) is 4.42. The van der Waals surface area contributed by atoms with E-state index in [2.05, 4.69) is 10.3 Å². The number of rotatable bonds is 5. The summed E-state index contributed by atoms with van der Waals surface area (Å²) in [6.45, 7) is 1.75. The van der Waals surface area contributed by atoms with Gasteiger partial charge >= 0.3 is 0 Å². The van der Waals surface area contributed by atoms with E-state index >= 15 is 0 Å². The van der Waals surface area contributed by atoms with E-state index < -0.39 is 11.5 Å². The van der Waals surface area contributed by atoms with E-state index in [0.717, 1.165) is 0 Å². The molecule has 2 unspecified atom stereocenters. The molecule has 0 aliphatic carbocycles. The molecule has 1 amide bonds. The van der Waals surface area contributed by atoms with Crippen LogP contribution in [0.1, 0.15) is 17.3 Å². The lowest BCUT2D eigenvalue weighted by Crippen LogP contribution is -2.43. The zero-order valence-electron chi connectivity index (χ0n) is 11.8. The highest BCUT2D eigenvalue weighted by molar-refractivity contribution is 7.99. The minimum atomic E-state index is -0.481. The molecule has 0 fully saturated rings. The molecule has 112 valence electrons. The van der Waals surface area contributed by atoms with Crippen LogP contribution in [-0.4, -0.2) is 44.6 Å². The van der Waals surface area contributed by atoms with Crippen molar-refractivity contribution < 1.29 is 9.90 Å². The Labute approximate surface area is 126 Å². The molecule has 0 saturated heterocycles. The number of nitrogens with one attached hydrogen (secondary N) is 1. The van der Waals surface area contributed by atoms with Gasteiger partial charge in [-0.1, -0.05) is 6.07 Å². The molecule has 0 bridgehead atoms. The number of aliphatic hydroxyl groups excluding tert-OH is 1. The number of nitrogens with zero attached hydrogens (tertiary/aromatic N) is 2. The van der Waals surface area contributed by atoms with Crippen molar-refractivity contribution in [2.75, 3.05) is 12.9 Å². The SMILES string of the molecule is CSC(CO)C(C)NC(=O)c1cnc2ccccn2c1=O. The monoisotopic (exact) mass is 307 g/mol. The van der Waals surface area contributed by atoms with Gasteiger partial charge in [0.05, 0.1) is 6.61 Å². The molecule has 2 aromatic rings. The number of thioether (sulfide) groups is 1. The van der Waals surface area contributed by atoms with Crippen molar-refractivity contribution in [1.82, 2.24) is 14.7 Å². The molecule has 2 N–H and O–H groups in total. The van der Waals surface area contributed by atoms with E-state index in [4.69, 9.17) is 0 Å². The summed E-state index contributed by atoms with van der Waals surface area (Å²) in [6, 6.07) is 4.92. The van der Waals surface area contributed by atoms with Gasteiger partial charge in [-0.3, -0.25) is 14.0 Å². The summed E-state index contributed by atoms with van der Waals surface area (Å²) >= 11 is 1.46. The van der Waals surface area contributed by atoms with Crippen LogP contribution in [0.5, 0.6) is 0 Å². The Morgan fingerprint density at radius 2 is 2.29 bits per heavy atom. The molecular weight excluding hydrogens is 290 g/mol. The van der Waals surface area contributed by atoms with Crippen molar-refractivity contribution in [3.63, 3.8) is 0 Å². The Morgan fingerprint density at radius 1 is 1.52 bits per heavy atom. The third-order valence-electron chi connectivity index (χ3n) is 3.26. The quantitative estimate of drug-likeness (QED) is 0.842. The Kier molecular flexibility index (Phi) is 4.98. The lowest BCUT2D eigenvalue weighted by Gasteiger charge is -2.21. The van der Waals surface area contributed by atoms with Crippen molar-refractivity contribution in [3.05, 3.63) is 46.5 Å². The summed E-state index contributed by atoms with van der Waals surface area (Å²) in [5.41, 5.74) is 0.0720. The summed E-state index contributed by atoms with van der Waals surface area (Å²) in [6.07, 6.45) is 4.71. The summed E-state index contributed by atoms with van der Waals surface area (Å²) in [5, 5.41) is 11.8. The van der Waals surface area contributed by atoms with Crippen LogP contribution < -0.4 is 10.9 Å². The lowest BCUT2D eigenvalue weighted by molar-refractivity contribution is 0.0934. The number of amides is 1. The van der Waals surface area contributed by atoms with E-state index in [-0.39, 0.29) is 23.5 Å². The number of fused-ring (bicyclic) bond motifs is 1. The number of carbonyl (C=O) groups is 1. The topological polar surface area (TPSA) is 83.7 Å². The number of hydrogen-bond acceptors (Lipinski definition) is 5. The van der Waals surface area contributed by atoms with Crippen LogP contribution in [-0.2, 0) is 0 Å². The molecule has 2 heterocycles. The molecule has 2 atom stereocenters. The van der Waals surface area contributed by atoms with Gasteiger partial charge in [-0.05, 0) is 25.3 Å². The summed E-state index contributed by atoms with van der Waals surface area (Å²) in [7, 11) is 0. The fourth-order valence-electron chi connectivity index (χ4n) is 2.00. The van der Waals surface area contributed by atoms with Crippen LogP contribution in [0.25, 0.3) is 5.65 Å². The molecule has 0 radical (unpaired) electrons. The van der Waals surface area contributed by atoms with Gasteiger partial charge in [-0.15, -0.1) is 0 Å². The molecule has 0 aliphatic heterocycles. The van der Waals surface area contributed by atoms with Crippen LogP contribution in [0.2, 0.25) is 0 Å². The Bertz CT molecular complexity index is 697. The number of aromatic nitrogens is 2. The van der Waals surface area contributed by atoms with Crippen LogP contribution in [0.4, 0.5) is 0 Å². The van der Waals surface area contributed by atoms with Gasteiger partial charge in [-0.2, -0.15) is 11.8 Å². The van der Waals surface area contributed by atoms with E-state index in [1.165, 1.54) is 22.4 Å². The van der Waals surface area contributed by atoms with E-state index in [1.807, 2.05) is 6.26 Å². The third kappa shape index (κ3) is 3.25. The maximum Gasteiger partial charge on any atom is 0.270 e. The van der Waals surface area contributed by atoms with Crippen molar-refractivity contribution >= 4 is 23.3 Å². The fraction of sp³-hybridized carbons (Fsp3) is 0.357. The van der Waals surface area contributed by atoms with Crippen molar-refractivity contribution in [2.45, 2.75) is 18.2 Å².